The van der Waals surface area contributed by atoms with Crippen molar-refractivity contribution in [3.63, 3.8) is 0 Å². The van der Waals surface area contributed by atoms with Gasteiger partial charge in [-0.05, 0) is 6.42 Å². The van der Waals surface area contributed by atoms with Crippen molar-refractivity contribution in [2.24, 2.45) is 0 Å². The molecule has 32 heavy (non-hydrogen) atoms. The molecule has 2 rings (SSSR count). The van der Waals surface area contributed by atoms with E-state index in [1.807, 2.05) is 5.32 Å². The first-order valence-corrected chi connectivity index (χ1v) is 9.89. The van der Waals surface area contributed by atoms with Crippen LogP contribution in [0.4, 0.5) is 4.79 Å². The molecule has 0 aliphatic carbocycles. The lowest BCUT2D eigenvalue weighted by molar-refractivity contribution is -0.324. The van der Waals surface area contributed by atoms with E-state index in [0.29, 0.717) is 0 Å². The molecule has 2 aliphatic heterocycles. The van der Waals surface area contributed by atoms with E-state index in [1.54, 1.807) is 0 Å². The maximum atomic E-state index is 11.2. The molecule has 1 amide bonds. The average molecular weight is 473 g/mol. The largest absolute Gasteiger partial charge is 0.465 e. The van der Waals surface area contributed by atoms with Crippen molar-refractivity contribution in [3.8, 4) is 0 Å². The van der Waals surface area contributed by atoms with Gasteiger partial charge in [-0.25, -0.2) is 4.79 Å². The molecular formula is C17H31NO14. The third kappa shape index (κ3) is 5.82. The molecule has 2 heterocycles. The van der Waals surface area contributed by atoms with Crippen LogP contribution in [-0.2, 0) is 9.47 Å². The first-order valence-electron chi connectivity index (χ1n) is 9.89. The standard InChI is InChI=1S/C17H31NO14/c19-3-7-10(22)12(24)9(21)6(31-7)1-5(18-16(27)28)2-17(29,30)15-14(26)13(25)11(23)8(4-20)32-15/h5-15,18-26,29-30H,1-4H2,(H,27,28)/t5?,6-,7-,8-,9-,10-,11-,12-,13+,14+,15+/m1/s1. The van der Waals surface area contributed by atoms with E-state index in [1.165, 1.54) is 0 Å². The van der Waals surface area contributed by atoms with Crippen molar-refractivity contribution in [2.45, 2.75) is 85.7 Å². The Morgan fingerprint density at radius 2 is 1.25 bits per heavy atom. The van der Waals surface area contributed by atoms with Gasteiger partial charge in [0.05, 0.1) is 19.3 Å². The van der Waals surface area contributed by atoms with Crippen LogP contribution in [0.2, 0.25) is 0 Å². The molecule has 2 fully saturated rings. The molecule has 0 bridgehead atoms. The molecule has 188 valence electrons. The third-order valence-corrected chi connectivity index (χ3v) is 5.73. The van der Waals surface area contributed by atoms with Gasteiger partial charge in [0.2, 0.25) is 0 Å². The van der Waals surface area contributed by atoms with Crippen molar-refractivity contribution < 1.29 is 70.4 Å². The fourth-order valence-corrected chi connectivity index (χ4v) is 3.98. The topological polar surface area (TPSA) is 270 Å². The minimum atomic E-state index is -3.02. The summed E-state index contributed by atoms with van der Waals surface area (Å²) in [7, 11) is 0. The van der Waals surface area contributed by atoms with E-state index in [9.17, 15) is 55.9 Å². The number of aliphatic hydroxyl groups excluding tert-OH is 8. The number of hydrogen-bond acceptors (Lipinski definition) is 13. The van der Waals surface area contributed by atoms with Crippen LogP contribution >= 0.6 is 0 Å². The second-order valence-electron chi connectivity index (χ2n) is 8.08. The summed E-state index contributed by atoms with van der Waals surface area (Å²) in [5.74, 6) is -3.02. The summed E-state index contributed by atoms with van der Waals surface area (Å²) in [6.07, 6.45) is -19.9. The van der Waals surface area contributed by atoms with E-state index in [0.717, 1.165) is 0 Å². The smallest absolute Gasteiger partial charge is 0.404 e. The lowest BCUT2D eigenvalue weighted by Gasteiger charge is -2.46. The van der Waals surface area contributed by atoms with Gasteiger partial charge in [0, 0.05) is 12.5 Å². The van der Waals surface area contributed by atoms with Gasteiger partial charge in [-0.1, -0.05) is 0 Å². The predicted octanol–water partition coefficient (Wildman–Crippen LogP) is -6.23. The Bertz CT molecular complexity index is 618. The summed E-state index contributed by atoms with van der Waals surface area (Å²) >= 11 is 0. The van der Waals surface area contributed by atoms with Gasteiger partial charge in [0.25, 0.3) is 0 Å². The van der Waals surface area contributed by atoms with Crippen LogP contribution in [0, 0.1) is 0 Å². The summed E-state index contributed by atoms with van der Waals surface area (Å²) in [6, 6.07) is -1.41. The number of carbonyl (C=O) groups is 1. The highest BCUT2D eigenvalue weighted by Crippen LogP contribution is 2.32. The molecule has 0 spiro atoms. The van der Waals surface area contributed by atoms with E-state index in [2.05, 4.69) is 0 Å². The van der Waals surface area contributed by atoms with Crippen LogP contribution in [0.3, 0.4) is 0 Å². The van der Waals surface area contributed by atoms with E-state index in [4.69, 9.17) is 14.6 Å². The maximum Gasteiger partial charge on any atom is 0.404 e. The second kappa shape index (κ2) is 10.8. The second-order valence-corrected chi connectivity index (χ2v) is 8.08. The number of nitrogens with one attached hydrogen (secondary N) is 1. The quantitative estimate of drug-likeness (QED) is 0.146. The van der Waals surface area contributed by atoms with Crippen LogP contribution in [0.25, 0.3) is 0 Å². The normalized spacial score (nSPS) is 41.8. The van der Waals surface area contributed by atoms with Gasteiger partial charge >= 0.3 is 6.09 Å². The van der Waals surface area contributed by atoms with Crippen LogP contribution < -0.4 is 5.32 Å². The fourth-order valence-electron chi connectivity index (χ4n) is 3.98. The first kappa shape index (κ1) is 27.0. The average Bonchev–Trinajstić information content (AvgIpc) is 2.71. The van der Waals surface area contributed by atoms with Crippen LogP contribution in [0.1, 0.15) is 12.8 Å². The van der Waals surface area contributed by atoms with Crippen LogP contribution in [0.5, 0.6) is 0 Å². The summed E-state index contributed by atoms with van der Waals surface area (Å²) in [4.78, 5) is 11.2. The highest BCUT2D eigenvalue weighted by Gasteiger charge is 2.53. The SMILES string of the molecule is O=C(O)NC(C[C@H]1O[C@H](CO)[C@@H](O)[C@H](O)[C@@H]1O)CC(O)(O)[C@H]1O[C@H](CO)[C@@H](O)[C@H](O)[C@@H]1O. The Labute approximate surface area is 181 Å². The summed E-state index contributed by atoms with van der Waals surface area (Å²) in [5.41, 5.74) is 0. The Morgan fingerprint density at radius 3 is 1.75 bits per heavy atom. The highest BCUT2D eigenvalue weighted by molar-refractivity contribution is 5.64. The number of ether oxygens (including phenoxy) is 2. The molecule has 2 saturated heterocycles. The number of amides is 1. The molecule has 0 aromatic heterocycles. The number of aliphatic hydroxyl groups is 10. The lowest BCUT2D eigenvalue weighted by atomic mass is 9.85. The maximum absolute atomic E-state index is 11.2. The van der Waals surface area contributed by atoms with Gasteiger partial charge < -0.3 is 71.0 Å². The Balaban J connectivity index is 2.19. The zero-order valence-electron chi connectivity index (χ0n) is 16.8. The number of hydrogen-bond donors (Lipinski definition) is 12. The third-order valence-electron chi connectivity index (χ3n) is 5.73. The van der Waals surface area contributed by atoms with Crippen molar-refractivity contribution in [1.29, 1.82) is 0 Å². The predicted molar refractivity (Wildman–Crippen MR) is 98.9 cm³/mol. The molecule has 11 atom stereocenters. The summed E-state index contributed by atoms with van der Waals surface area (Å²) in [6.45, 7) is -1.56. The van der Waals surface area contributed by atoms with Crippen molar-refractivity contribution in [3.05, 3.63) is 0 Å². The Kier molecular flexibility index (Phi) is 9.13. The molecule has 15 nitrogen and oxygen atoms in total. The molecule has 12 N–H and O–H groups in total. The highest BCUT2D eigenvalue weighted by atomic mass is 16.6. The minimum absolute atomic E-state index is 0.478. The molecule has 1 unspecified atom stereocenters. The van der Waals surface area contributed by atoms with Crippen LogP contribution in [0.15, 0.2) is 0 Å². The Morgan fingerprint density at radius 1 is 0.781 bits per heavy atom. The van der Waals surface area contributed by atoms with Crippen molar-refractivity contribution >= 4 is 6.09 Å². The molecule has 0 aromatic carbocycles. The summed E-state index contributed by atoms with van der Waals surface area (Å²) in [5, 5.41) is 110. The zero-order chi connectivity index (χ0) is 24.4. The molecule has 2 aliphatic rings. The number of rotatable bonds is 8. The lowest BCUT2D eigenvalue weighted by Crippen LogP contribution is -2.66. The van der Waals surface area contributed by atoms with Gasteiger partial charge in [-0.3, -0.25) is 0 Å². The minimum Gasteiger partial charge on any atom is -0.465 e. The van der Waals surface area contributed by atoms with Crippen LogP contribution in [-0.4, -0.2) is 148 Å². The Hall–Kier alpha value is -1.21. The summed E-state index contributed by atoms with van der Waals surface area (Å²) < 4.78 is 10.4. The van der Waals surface area contributed by atoms with E-state index >= 15 is 0 Å². The first-order chi connectivity index (χ1) is 14.8. The van der Waals surface area contributed by atoms with Crippen molar-refractivity contribution in [2.75, 3.05) is 13.2 Å². The molecule has 0 saturated carbocycles. The molecule has 0 radical (unpaired) electrons. The van der Waals surface area contributed by atoms with E-state index < -0.39 is 105 Å². The van der Waals surface area contributed by atoms with Gasteiger partial charge in [0.1, 0.15) is 54.9 Å². The molecule has 15 heteroatoms. The fraction of sp³-hybridized carbons (Fsp3) is 0.941. The number of carboxylic acid groups (broad SMARTS) is 1. The van der Waals surface area contributed by atoms with E-state index in [-0.39, 0.29) is 0 Å². The monoisotopic (exact) mass is 473 g/mol. The van der Waals surface area contributed by atoms with Gasteiger partial charge in [-0.2, -0.15) is 0 Å². The van der Waals surface area contributed by atoms with Crippen molar-refractivity contribution in [1.82, 2.24) is 5.32 Å². The molecular weight excluding hydrogens is 442 g/mol. The van der Waals surface area contributed by atoms with Gasteiger partial charge in [-0.15, -0.1) is 0 Å². The zero-order valence-corrected chi connectivity index (χ0v) is 16.8. The van der Waals surface area contributed by atoms with Gasteiger partial charge in [0.15, 0.2) is 5.79 Å². The molecule has 0 aromatic rings.